The summed E-state index contributed by atoms with van der Waals surface area (Å²) in [4.78, 5) is 15.1. The van der Waals surface area contributed by atoms with E-state index < -0.39 is 0 Å². The van der Waals surface area contributed by atoms with Gasteiger partial charge in [-0.2, -0.15) is 0 Å². The van der Waals surface area contributed by atoms with E-state index >= 15 is 0 Å². The predicted molar refractivity (Wildman–Crippen MR) is 217 cm³/mol. The molecule has 1 aliphatic carbocycles. The Morgan fingerprint density at radius 2 is 1.57 bits per heavy atom. The summed E-state index contributed by atoms with van der Waals surface area (Å²) in [6, 6.07) is 36.5. The van der Waals surface area contributed by atoms with Crippen LogP contribution < -0.4 is 4.74 Å². The van der Waals surface area contributed by atoms with Crippen LogP contribution in [-0.4, -0.2) is 26.5 Å². The summed E-state index contributed by atoms with van der Waals surface area (Å²) in [6.45, 7) is 8.91. The van der Waals surface area contributed by atoms with Crippen LogP contribution in [0, 0.1) is 19.8 Å². The van der Waals surface area contributed by atoms with Gasteiger partial charge in [0.1, 0.15) is 23.3 Å². The zero-order valence-electron chi connectivity index (χ0n) is 31.3. The standard InChI is InChI=1S/C48H44N4O2/c1-29-22-37-36-18-13-19-38-44(36)52(46(37)50-28-29)41-27-42(30(2)23-39(41)48(38,3)4)53-35-25-33(40-20-11-12-21-49-40)24-34(26-35)47-51-43(31-14-7-5-8-15-31)45(54-47)32-16-9-6-10-17-32/h6,9-13,16-28,31,43,45H,5,7-8,14-15H2,1-4H3/t43-,45-/m1/s1. The van der Waals surface area contributed by atoms with Gasteiger partial charge in [0, 0.05) is 45.8 Å². The van der Waals surface area contributed by atoms with E-state index in [1.807, 2.05) is 30.6 Å². The Hall–Kier alpha value is -5.75. The van der Waals surface area contributed by atoms with Crippen LogP contribution in [0.1, 0.15) is 85.4 Å². The lowest BCUT2D eigenvalue weighted by Gasteiger charge is -2.35. The van der Waals surface area contributed by atoms with Gasteiger partial charge in [-0.15, -0.1) is 0 Å². The summed E-state index contributed by atoms with van der Waals surface area (Å²) in [7, 11) is 0. The van der Waals surface area contributed by atoms with Crippen LogP contribution in [0.15, 0.2) is 121 Å². The average Bonchev–Trinajstić information content (AvgIpc) is 3.79. The molecule has 5 heterocycles. The summed E-state index contributed by atoms with van der Waals surface area (Å²) in [5.74, 6) is 2.68. The fourth-order valence-corrected chi connectivity index (χ4v) is 9.30. The molecule has 0 bridgehead atoms. The molecule has 10 rings (SSSR count). The maximum atomic E-state index is 6.98. The summed E-state index contributed by atoms with van der Waals surface area (Å²) in [5.41, 5.74) is 11.7. The fraction of sp³-hybridized carbons (Fsp3) is 0.271. The molecule has 6 nitrogen and oxygen atoms in total. The Balaban J connectivity index is 1.10. The fourth-order valence-electron chi connectivity index (χ4n) is 9.30. The number of ether oxygens (including phenoxy) is 2. The van der Waals surface area contributed by atoms with Gasteiger partial charge in [-0.3, -0.25) is 9.55 Å². The number of rotatable bonds is 6. The Labute approximate surface area is 316 Å². The molecule has 7 aromatic rings. The number of fused-ring (bicyclic) bond motifs is 5. The van der Waals surface area contributed by atoms with Crippen molar-refractivity contribution in [2.45, 2.75) is 77.4 Å². The van der Waals surface area contributed by atoms with Crippen molar-refractivity contribution in [3.05, 3.63) is 149 Å². The molecule has 0 amide bonds. The van der Waals surface area contributed by atoms with Gasteiger partial charge in [0.15, 0.2) is 0 Å². The number of hydrogen-bond donors (Lipinski definition) is 0. The van der Waals surface area contributed by atoms with Crippen LogP contribution in [-0.2, 0) is 10.2 Å². The van der Waals surface area contributed by atoms with Gasteiger partial charge in [0.25, 0.3) is 0 Å². The Kier molecular flexibility index (Phi) is 7.72. The number of para-hydroxylation sites is 1. The SMILES string of the molecule is Cc1cnc2c(c1)c1cccc3c1n2-c1cc(Oc2cc(C4=N[C@H](C5CCCCC5)[C@@H](c5ccccc5)O4)cc(-c4ccccn4)c2)c(C)cc1C3(C)C. The molecule has 1 fully saturated rings. The highest BCUT2D eigenvalue weighted by Crippen LogP contribution is 2.49. The van der Waals surface area contributed by atoms with Gasteiger partial charge < -0.3 is 9.47 Å². The molecule has 0 spiro atoms. The third-order valence-electron chi connectivity index (χ3n) is 12.1. The molecule has 0 saturated heterocycles. The topological polar surface area (TPSA) is 61.5 Å². The van der Waals surface area contributed by atoms with Crippen molar-refractivity contribution in [2.24, 2.45) is 10.9 Å². The van der Waals surface area contributed by atoms with Crippen LogP contribution in [0.3, 0.4) is 0 Å². The molecular weight excluding hydrogens is 665 g/mol. The first-order chi connectivity index (χ1) is 26.3. The third kappa shape index (κ3) is 5.33. The van der Waals surface area contributed by atoms with E-state index in [-0.39, 0.29) is 17.6 Å². The van der Waals surface area contributed by atoms with Crippen molar-refractivity contribution >= 4 is 27.8 Å². The van der Waals surface area contributed by atoms with Crippen molar-refractivity contribution < 1.29 is 9.47 Å². The zero-order valence-corrected chi connectivity index (χ0v) is 31.3. The number of hydrogen-bond acceptors (Lipinski definition) is 5. The number of aromatic nitrogens is 3. The molecule has 2 atom stereocenters. The van der Waals surface area contributed by atoms with Crippen molar-refractivity contribution in [1.29, 1.82) is 0 Å². The van der Waals surface area contributed by atoms with E-state index in [1.54, 1.807) is 0 Å². The van der Waals surface area contributed by atoms with E-state index in [0.29, 0.717) is 17.6 Å². The van der Waals surface area contributed by atoms with Gasteiger partial charge in [-0.25, -0.2) is 9.98 Å². The normalized spacial score (nSPS) is 19.1. The minimum Gasteiger partial charge on any atom is -0.467 e. The first-order valence-corrected chi connectivity index (χ1v) is 19.4. The lowest BCUT2D eigenvalue weighted by Crippen LogP contribution is -2.26. The van der Waals surface area contributed by atoms with E-state index in [1.165, 1.54) is 65.1 Å². The molecule has 4 aromatic carbocycles. The van der Waals surface area contributed by atoms with Crippen molar-refractivity contribution in [3.8, 4) is 28.4 Å². The largest absolute Gasteiger partial charge is 0.467 e. The molecule has 268 valence electrons. The van der Waals surface area contributed by atoms with Gasteiger partial charge in [-0.05, 0) is 103 Å². The van der Waals surface area contributed by atoms with E-state index in [2.05, 4.69) is 117 Å². The Morgan fingerprint density at radius 1 is 0.759 bits per heavy atom. The zero-order chi connectivity index (χ0) is 36.6. The first-order valence-electron chi connectivity index (χ1n) is 19.4. The number of aliphatic imine (C=N–C) groups is 1. The maximum absolute atomic E-state index is 6.98. The molecule has 2 aliphatic heterocycles. The second-order valence-electron chi connectivity index (χ2n) is 16.0. The Morgan fingerprint density at radius 3 is 2.39 bits per heavy atom. The molecule has 54 heavy (non-hydrogen) atoms. The minimum atomic E-state index is -0.217. The van der Waals surface area contributed by atoms with Crippen LogP contribution in [0.4, 0.5) is 0 Å². The van der Waals surface area contributed by atoms with Gasteiger partial charge in [0.05, 0.1) is 22.9 Å². The van der Waals surface area contributed by atoms with Crippen LogP contribution >= 0.6 is 0 Å². The van der Waals surface area contributed by atoms with E-state index in [0.717, 1.165) is 45.0 Å². The second-order valence-corrected chi connectivity index (χ2v) is 16.0. The minimum absolute atomic E-state index is 0.0744. The van der Waals surface area contributed by atoms with Crippen LogP contribution in [0.2, 0.25) is 0 Å². The van der Waals surface area contributed by atoms with Crippen LogP contribution in [0.5, 0.6) is 11.5 Å². The molecular formula is C48H44N4O2. The monoisotopic (exact) mass is 708 g/mol. The number of pyridine rings is 2. The van der Waals surface area contributed by atoms with Crippen molar-refractivity contribution in [3.63, 3.8) is 0 Å². The summed E-state index contributed by atoms with van der Waals surface area (Å²) in [5, 5.41) is 2.40. The van der Waals surface area contributed by atoms with E-state index in [4.69, 9.17) is 24.4 Å². The average molecular weight is 709 g/mol. The third-order valence-corrected chi connectivity index (χ3v) is 12.1. The highest BCUT2D eigenvalue weighted by atomic mass is 16.5. The molecule has 0 N–H and O–H groups in total. The molecule has 6 heteroatoms. The number of benzene rings is 4. The molecule has 1 saturated carbocycles. The van der Waals surface area contributed by atoms with Crippen molar-refractivity contribution in [1.82, 2.24) is 14.5 Å². The predicted octanol–water partition coefficient (Wildman–Crippen LogP) is 11.8. The summed E-state index contributed by atoms with van der Waals surface area (Å²) >= 11 is 0. The number of nitrogens with zero attached hydrogens (tertiary/aromatic N) is 4. The molecule has 0 radical (unpaired) electrons. The number of aryl methyl sites for hydroxylation is 2. The smallest absolute Gasteiger partial charge is 0.217 e. The van der Waals surface area contributed by atoms with Gasteiger partial charge in [-0.1, -0.05) is 87.7 Å². The lowest BCUT2D eigenvalue weighted by molar-refractivity contribution is 0.150. The quantitative estimate of drug-likeness (QED) is 0.173. The Bertz CT molecular complexity index is 2600. The van der Waals surface area contributed by atoms with E-state index in [9.17, 15) is 0 Å². The molecule has 3 aromatic heterocycles. The van der Waals surface area contributed by atoms with Gasteiger partial charge >= 0.3 is 0 Å². The highest BCUT2D eigenvalue weighted by molar-refractivity contribution is 6.10. The summed E-state index contributed by atoms with van der Waals surface area (Å²) < 4.78 is 16.2. The molecule has 3 aliphatic rings. The van der Waals surface area contributed by atoms with Crippen LogP contribution in [0.25, 0.3) is 38.9 Å². The second kappa shape index (κ2) is 12.7. The highest BCUT2D eigenvalue weighted by Gasteiger charge is 2.39. The lowest BCUT2D eigenvalue weighted by atomic mass is 9.74. The summed E-state index contributed by atoms with van der Waals surface area (Å²) in [6.07, 6.45) is 9.87. The molecule has 0 unspecified atom stereocenters. The maximum Gasteiger partial charge on any atom is 0.217 e. The van der Waals surface area contributed by atoms with Crippen molar-refractivity contribution in [2.75, 3.05) is 0 Å². The van der Waals surface area contributed by atoms with Gasteiger partial charge in [0.2, 0.25) is 5.90 Å². The first kappa shape index (κ1) is 32.9.